The number of benzene rings is 1. The van der Waals surface area contributed by atoms with Crippen LogP contribution in [0.4, 0.5) is 0 Å². The molecule has 114 valence electrons. The molecular weight excluding hydrogens is 313 g/mol. The monoisotopic (exact) mass is 329 g/mol. The summed E-state index contributed by atoms with van der Waals surface area (Å²) in [6.07, 6.45) is 3.52. The van der Waals surface area contributed by atoms with Crippen molar-refractivity contribution < 1.29 is 14.7 Å². The highest BCUT2D eigenvalue weighted by Crippen LogP contribution is 2.26. The molecule has 0 aromatic heterocycles. The highest BCUT2D eigenvalue weighted by Gasteiger charge is 2.19. The molecule has 0 radical (unpaired) electrons. The van der Waals surface area contributed by atoms with Gasteiger partial charge in [-0.2, -0.15) is 0 Å². The molecule has 1 N–H and O–H groups in total. The third kappa shape index (κ3) is 5.06. The fourth-order valence-electron chi connectivity index (χ4n) is 1.72. The van der Waals surface area contributed by atoms with Crippen molar-refractivity contribution in [3.05, 3.63) is 39.9 Å². The molecule has 0 saturated carbocycles. The van der Waals surface area contributed by atoms with Crippen molar-refractivity contribution >= 4 is 41.2 Å². The van der Waals surface area contributed by atoms with Crippen molar-refractivity contribution in [2.45, 2.75) is 26.3 Å². The quantitative estimate of drug-likeness (QED) is 0.809. The molecule has 0 aliphatic carbocycles. The highest BCUT2D eigenvalue weighted by molar-refractivity contribution is 6.42. The lowest BCUT2D eigenvalue weighted by atomic mass is 10.2. The van der Waals surface area contributed by atoms with Crippen molar-refractivity contribution in [2.75, 3.05) is 6.54 Å². The number of halogens is 2. The lowest BCUT2D eigenvalue weighted by molar-refractivity contribution is -0.144. The van der Waals surface area contributed by atoms with Gasteiger partial charge < -0.3 is 10.0 Å². The van der Waals surface area contributed by atoms with Gasteiger partial charge in [0.15, 0.2) is 0 Å². The molecule has 4 nitrogen and oxygen atoms in total. The third-order valence-electron chi connectivity index (χ3n) is 3.10. The Bertz CT molecular complexity index is 558. The van der Waals surface area contributed by atoms with E-state index in [0.717, 1.165) is 0 Å². The summed E-state index contributed by atoms with van der Waals surface area (Å²) in [5.74, 6) is -1.42. The average Bonchev–Trinajstić information content (AvgIpc) is 2.45. The Morgan fingerprint density at radius 1 is 1.38 bits per heavy atom. The standard InChI is InChI=1S/C15H17Cl2NO3/c1-3-10(2)18(9-14(20)21)13(19)8-7-11-5-4-6-12(16)15(11)17/h4-8,10H,3,9H2,1-2H3,(H,20,21)/b8-7+. The van der Waals surface area contributed by atoms with Gasteiger partial charge in [0.05, 0.1) is 10.0 Å². The number of carboxylic acids is 1. The number of amides is 1. The Kier molecular flexibility index (Phi) is 6.72. The maximum absolute atomic E-state index is 12.1. The van der Waals surface area contributed by atoms with Crippen LogP contribution in [-0.4, -0.2) is 34.5 Å². The first-order valence-corrected chi connectivity index (χ1v) is 7.26. The lowest BCUT2D eigenvalue weighted by Crippen LogP contribution is -2.40. The second kappa shape index (κ2) is 8.05. The van der Waals surface area contributed by atoms with Crippen LogP contribution in [0.3, 0.4) is 0 Å². The molecular formula is C15H17Cl2NO3. The molecule has 0 bridgehead atoms. The molecule has 0 spiro atoms. The number of carbonyl (C=O) groups excluding carboxylic acids is 1. The van der Waals surface area contributed by atoms with Gasteiger partial charge in [0.1, 0.15) is 6.54 Å². The first-order chi connectivity index (χ1) is 9.86. The van der Waals surface area contributed by atoms with E-state index in [0.29, 0.717) is 22.0 Å². The van der Waals surface area contributed by atoms with E-state index in [2.05, 4.69) is 0 Å². The van der Waals surface area contributed by atoms with E-state index in [-0.39, 0.29) is 18.5 Å². The van der Waals surface area contributed by atoms with Gasteiger partial charge in [-0.3, -0.25) is 9.59 Å². The largest absolute Gasteiger partial charge is 0.480 e. The Labute approximate surface area is 134 Å². The van der Waals surface area contributed by atoms with Gasteiger partial charge >= 0.3 is 5.97 Å². The number of carbonyl (C=O) groups is 2. The van der Waals surface area contributed by atoms with Gasteiger partial charge in [-0.25, -0.2) is 0 Å². The predicted molar refractivity (Wildman–Crippen MR) is 84.6 cm³/mol. The third-order valence-corrected chi connectivity index (χ3v) is 3.93. The zero-order valence-electron chi connectivity index (χ0n) is 11.8. The average molecular weight is 330 g/mol. The van der Waals surface area contributed by atoms with E-state index in [1.807, 2.05) is 6.92 Å². The zero-order valence-corrected chi connectivity index (χ0v) is 13.4. The van der Waals surface area contributed by atoms with Crippen LogP contribution in [0.2, 0.25) is 10.0 Å². The number of hydrogen-bond donors (Lipinski definition) is 1. The van der Waals surface area contributed by atoms with Crippen LogP contribution in [0.25, 0.3) is 6.08 Å². The molecule has 0 aliphatic heterocycles. The Hall–Kier alpha value is -1.52. The van der Waals surface area contributed by atoms with Crippen molar-refractivity contribution in [3.8, 4) is 0 Å². The minimum atomic E-state index is -1.04. The molecule has 1 atom stereocenters. The Balaban J connectivity index is 2.92. The molecule has 1 aromatic carbocycles. The van der Waals surface area contributed by atoms with Crippen LogP contribution in [0.5, 0.6) is 0 Å². The van der Waals surface area contributed by atoms with E-state index in [4.69, 9.17) is 28.3 Å². The van der Waals surface area contributed by atoms with Gasteiger partial charge in [-0.05, 0) is 31.1 Å². The Morgan fingerprint density at radius 2 is 2.05 bits per heavy atom. The Morgan fingerprint density at radius 3 is 2.62 bits per heavy atom. The molecule has 1 aromatic rings. The summed E-state index contributed by atoms with van der Waals surface area (Å²) in [6.45, 7) is 3.37. The molecule has 0 heterocycles. The molecule has 1 unspecified atom stereocenters. The minimum absolute atomic E-state index is 0.159. The zero-order chi connectivity index (χ0) is 16.0. The summed E-state index contributed by atoms with van der Waals surface area (Å²) in [5, 5.41) is 9.64. The van der Waals surface area contributed by atoms with Gasteiger partial charge in [0.25, 0.3) is 0 Å². The molecule has 6 heteroatoms. The van der Waals surface area contributed by atoms with Crippen LogP contribution in [0.1, 0.15) is 25.8 Å². The summed E-state index contributed by atoms with van der Waals surface area (Å²) >= 11 is 11.9. The number of hydrogen-bond acceptors (Lipinski definition) is 2. The van der Waals surface area contributed by atoms with E-state index in [1.54, 1.807) is 25.1 Å². The number of nitrogens with zero attached hydrogens (tertiary/aromatic N) is 1. The molecule has 0 aliphatic rings. The van der Waals surface area contributed by atoms with Crippen LogP contribution in [-0.2, 0) is 9.59 Å². The van der Waals surface area contributed by atoms with Crippen molar-refractivity contribution in [2.24, 2.45) is 0 Å². The normalized spacial score (nSPS) is 12.4. The summed E-state index contributed by atoms with van der Waals surface area (Å²) in [4.78, 5) is 24.3. The topological polar surface area (TPSA) is 57.6 Å². The second-order valence-corrected chi connectivity index (χ2v) is 5.38. The summed E-state index contributed by atoms with van der Waals surface area (Å²) in [5.41, 5.74) is 0.608. The first kappa shape index (κ1) is 17.5. The van der Waals surface area contributed by atoms with E-state index in [9.17, 15) is 9.59 Å². The van der Waals surface area contributed by atoms with E-state index < -0.39 is 5.97 Å². The number of aliphatic carboxylic acids is 1. The van der Waals surface area contributed by atoms with Crippen LogP contribution < -0.4 is 0 Å². The van der Waals surface area contributed by atoms with E-state index in [1.165, 1.54) is 17.1 Å². The van der Waals surface area contributed by atoms with Gasteiger partial charge in [-0.1, -0.05) is 42.3 Å². The SMILES string of the molecule is CCC(C)N(CC(=O)O)C(=O)/C=C/c1cccc(Cl)c1Cl. The smallest absolute Gasteiger partial charge is 0.323 e. The van der Waals surface area contributed by atoms with E-state index >= 15 is 0 Å². The van der Waals surface area contributed by atoms with Crippen LogP contribution in [0, 0.1) is 0 Å². The minimum Gasteiger partial charge on any atom is -0.480 e. The van der Waals surface area contributed by atoms with Crippen LogP contribution in [0.15, 0.2) is 24.3 Å². The van der Waals surface area contributed by atoms with Gasteiger partial charge in [-0.15, -0.1) is 0 Å². The lowest BCUT2D eigenvalue weighted by Gasteiger charge is -2.25. The predicted octanol–water partition coefficient (Wildman–Crippen LogP) is 3.72. The number of rotatable bonds is 6. The summed E-state index contributed by atoms with van der Waals surface area (Å²) in [6, 6.07) is 4.94. The molecule has 1 rings (SSSR count). The maximum Gasteiger partial charge on any atom is 0.323 e. The maximum atomic E-state index is 12.1. The molecule has 0 fully saturated rings. The van der Waals surface area contributed by atoms with Gasteiger partial charge in [0.2, 0.25) is 5.91 Å². The fraction of sp³-hybridized carbons (Fsp3) is 0.333. The molecule has 21 heavy (non-hydrogen) atoms. The number of carboxylic acid groups (broad SMARTS) is 1. The highest BCUT2D eigenvalue weighted by atomic mass is 35.5. The van der Waals surface area contributed by atoms with Crippen molar-refractivity contribution in [3.63, 3.8) is 0 Å². The summed E-state index contributed by atoms with van der Waals surface area (Å²) < 4.78 is 0. The van der Waals surface area contributed by atoms with Gasteiger partial charge in [0, 0.05) is 12.1 Å². The van der Waals surface area contributed by atoms with Crippen molar-refractivity contribution in [1.82, 2.24) is 4.90 Å². The first-order valence-electron chi connectivity index (χ1n) is 6.51. The second-order valence-electron chi connectivity index (χ2n) is 4.59. The molecule has 1 amide bonds. The summed E-state index contributed by atoms with van der Waals surface area (Å²) in [7, 11) is 0. The molecule has 0 saturated heterocycles. The fourth-order valence-corrected chi connectivity index (χ4v) is 2.09. The van der Waals surface area contributed by atoms with Crippen molar-refractivity contribution in [1.29, 1.82) is 0 Å². The van der Waals surface area contributed by atoms with Crippen LogP contribution >= 0.6 is 23.2 Å².